The van der Waals surface area contributed by atoms with Gasteiger partial charge in [-0.1, -0.05) is 34.1 Å². The van der Waals surface area contributed by atoms with Crippen LogP contribution in [0.5, 0.6) is 0 Å². The van der Waals surface area contributed by atoms with Crippen molar-refractivity contribution < 1.29 is 9.53 Å². The van der Waals surface area contributed by atoms with Gasteiger partial charge in [-0.3, -0.25) is 4.79 Å². The van der Waals surface area contributed by atoms with Crippen LogP contribution in [0.1, 0.15) is 142 Å². The molecule has 0 aromatic heterocycles. The first-order valence-electron chi connectivity index (χ1n) is 14.5. The molecule has 5 nitrogen and oxygen atoms in total. The fraction of sp³-hybridized carbons (Fsp3) is 0.968. The molecular weight excluding hydrogens is 446 g/mol. The number of amides is 1. The topological polar surface area (TPSA) is 62.4 Å². The van der Waals surface area contributed by atoms with Crippen LogP contribution in [0.2, 0.25) is 0 Å². The first-order chi connectivity index (χ1) is 16.1. The van der Waals surface area contributed by atoms with Crippen molar-refractivity contribution in [2.45, 2.75) is 164 Å². The van der Waals surface area contributed by atoms with E-state index in [1.807, 2.05) is 0 Å². The van der Waals surface area contributed by atoms with Crippen molar-refractivity contribution in [1.82, 2.24) is 16.0 Å². The summed E-state index contributed by atoms with van der Waals surface area (Å²) in [5.41, 5.74) is 0.215. The highest BCUT2D eigenvalue weighted by molar-refractivity contribution is 5.76. The SMILES string of the molecule is CCC(C)(CNC(C)(C)C)CC(C)(CC)CC(=O)NCCCC(C)(C)OCCC(C)(C)NC(C)(C)C. The summed E-state index contributed by atoms with van der Waals surface area (Å²) in [7, 11) is 0. The first-order valence-corrected chi connectivity index (χ1v) is 14.5. The Bertz CT molecular complexity index is 645. The van der Waals surface area contributed by atoms with Gasteiger partial charge >= 0.3 is 0 Å². The molecule has 0 radical (unpaired) electrons. The molecule has 0 aromatic rings. The van der Waals surface area contributed by atoms with Crippen molar-refractivity contribution in [3.05, 3.63) is 0 Å². The van der Waals surface area contributed by atoms with E-state index in [-0.39, 0.29) is 39.0 Å². The van der Waals surface area contributed by atoms with E-state index in [2.05, 4.69) is 113 Å². The molecule has 0 aliphatic carbocycles. The smallest absolute Gasteiger partial charge is 0.220 e. The fourth-order valence-electron chi connectivity index (χ4n) is 5.06. The van der Waals surface area contributed by atoms with E-state index in [9.17, 15) is 4.79 Å². The van der Waals surface area contributed by atoms with E-state index >= 15 is 0 Å². The van der Waals surface area contributed by atoms with Crippen LogP contribution in [0.25, 0.3) is 0 Å². The molecule has 216 valence electrons. The van der Waals surface area contributed by atoms with Crippen LogP contribution >= 0.6 is 0 Å². The lowest BCUT2D eigenvalue weighted by molar-refractivity contribution is -0.124. The van der Waals surface area contributed by atoms with Crippen LogP contribution in [0.4, 0.5) is 0 Å². The molecule has 0 rings (SSSR count). The van der Waals surface area contributed by atoms with Crippen LogP contribution in [0.15, 0.2) is 0 Å². The summed E-state index contributed by atoms with van der Waals surface area (Å²) in [5, 5.41) is 10.5. The van der Waals surface area contributed by atoms with Gasteiger partial charge in [0.05, 0.1) is 5.60 Å². The third-order valence-corrected chi connectivity index (χ3v) is 7.40. The Kier molecular flexibility index (Phi) is 13.7. The maximum atomic E-state index is 12.9. The van der Waals surface area contributed by atoms with Crippen molar-refractivity contribution in [2.24, 2.45) is 10.8 Å². The van der Waals surface area contributed by atoms with Crippen molar-refractivity contribution in [3.8, 4) is 0 Å². The molecule has 0 aliphatic rings. The van der Waals surface area contributed by atoms with E-state index in [1.165, 1.54) is 0 Å². The zero-order valence-corrected chi connectivity index (χ0v) is 26.9. The molecule has 0 heterocycles. The van der Waals surface area contributed by atoms with Gasteiger partial charge in [0, 0.05) is 42.7 Å². The van der Waals surface area contributed by atoms with Crippen molar-refractivity contribution >= 4 is 5.91 Å². The minimum Gasteiger partial charge on any atom is -0.376 e. The monoisotopic (exact) mass is 512 g/mol. The van der Waals surface area contributed by atoms with Gasteiger partial charge in [0.15, 0.2) is 0 Å². The normalized spacial score (nSPS) is 16.9. The predicted molar refractivity (Wildman–Crippen MR) is 158 cm³/mol. The van der Waals surface area contributed by atoms with Gasteiger partial charge in [0.1, 0.15) is 0 Å². The molecule has 0 spiro atoms. The van der Waals surface area contributed by atoms with Gasteiger partial charge in [-0.05, 0) is 112 Å². The van der Waals surface area contributed by atoms with E-state index < -0.39 is 0 Å². The Hall–Kier alpha value is -0.650. The molecule has 2 atom stereocenters. The highest BCUT2D eigenvalue weighted by Gasteiger charge is 2.35. The number of hydrogen-bond donors (Lipinski definition) is 3. The minimum absolute atomic E-state index is 0.00465. The zero-order valence-electron chi connectivity index (χ0n) is 26.9. The van der Waals surface area contributed by atoms with Crippen molar-refractivity contribution in [1.29, 1.82) is 0 Å². The van der Waals surface area contributed by atoms with Gasteiger partial charge < -0.3 is 20.7 Å². The van der Waals surface area contributed by atoms with Crippen molar-refractivity contribution in [3.63, 3.8) is 0 Å². The summed E-state index contributed by atoms with van der Waals surface area (Å²) >= 11 is 0. The van der Waals surface area contributed by atoms with Crippen molar-refractivity contribution in [2.75, 3.05) is 19.7 Å². The Labute approximate surface area is 226 Å². The first kappa shape index (κ1) is 35.4. The quantitative estimate of drug-likeness (QED) is 0.180. The molecule has 0 saturated heterocycles. The highest BCUT2D eigenvalue weighted by Crippen LogP contribution is 2.41. The number of hydrogen-bond acceptors (Lipinski definition) is 4. The fourth-order valence-corrected chi connectivity index (χ4v) is 5.06. The average molecular weight is 512 g/mol. The molecule has 3 N–H and O–H groups in total. The summed E-state index contributed by atoms with van der Waals surface area (Å²) in [5.74, 6) is 0.176. The molecule has 1 amide bonds. The number of rotatable bonds is 17. The second-order valence-electron chi connectivity index (χ2n) is 15.4. The highest BCUT2D eigenvalue weighted by atomic mass is 16.5. The Morgan fingerprint density at radius 3 is 1.78 bits per heavy atom. The number of ether oxygens (including phenoxy) is 1. The Morgan fingerprint density at radius 1 is 0.750 bits per heavy atom. The average Bonchev–Trinajstić information content (AvgIpc) is 2.67. The van der Waals surface area contributed by atoms with Gasteiger partial charge in [-0.2, -0.15) is 0 Å². The molecule has 36 heavy (non-hydrogen) atoms. The summed E-state index contributed by atoms with van der Waals surface area (Å²) in [4.78, 5) is 12.9. The Morgan fingerprint density at radius 2 is 1.31 bits per heavy atom. The third kappa shape index (κ3) is 17.0. The predicted octanol–water partition coefficient (Wildman–Crippen LogP) is 7.24. The molecule has 2 unspecified atom stereocenters. The van der Waals surface area contributed by atoms with E-state index in [0.29, 0.717) is 13.0 Å². The lowest BCUT2D eigenvalue weighted by Gasteiger charge is -2.40. The summed E-state index contributed by atoms with van der Waals surface area (Å²) < 4.78 is 6.24. The van der Waals surface area contributed by atoms with Gasteiger partial charge in [-0.25, -0.2) is 0 Å². The van der Waals surface area contributed by atoms with E-state index in [4.69, 9.17) is 4.74 Å². The minimum atomic E-state index is -0.191. The van der Waals surface area contributed by atoms with E-state index in [0.717, 1.165) is 51.7 Å². The third-order valence-electron chi connectivity index (χ3n) is 7.40. The van der Waals surface area contributed by atoms with Crippen LogP contribution in [-0.4, -0.2) is 47.8 Å². The lowest BCUT2D eigenvalue weighted by Crippen LogP contribution is -2.51. The molecular formula is C31H65N3O2. The molecule has 0 aromatic carbocycles. The van der Waals surface area contributed by atoms with Crippen LogP contribution in [0, 0.1) is 10.8 Å². The summed E-state index contributed by atoms with van der Waals surface area (Å²) in [6, 6.07) is 0. The van der Waals surface area contributed by atoms with Gasteiger partial charge in [-0.15, -0.1) is 0 Å². The van der Waals surface area contributed by atoms with E-state index in [1.54, 1.807) is 0 Å². The second-order valence-corrected chi connectivity index (χ2v) is 15.4. The zero-order chi connectivity index (χ0) is 28.5. The number of carbonyl (C=O) groups is 1. The lowest BCUT2D eigenvalue weighted by atomic mass is 9.68. The standard InChI is InChI=1S/C31H65N3O2/c1-15-30(13,23-31(14,16-2)24-33-26(3,4)5)22-25(35)32-20-17-18-29(11,12)36-21-19-28(9,10)34-27(6,7)8/h33-34H,15-24H2,1-14H3,(H,32,35). The summed E-state index contributed by atoms with van der Waals surface area (Å²) in [6.07, 6.45) is 6.56. The summed E-state index contributed by atoms with van der Waals surface area (Å²) in [6.45, 7) is 33.6. The largest absolute Gasteiger partial charge is 0.376 e. The molecule has 0 aliphatic heterocycles. The van der Waals surface area contributed by atoms with Crippen LogP contribution < -0.4 is 16.0 Å². The molecule has 0 bridgehead atoms. The molecule has 5 heteroatoms. The molecule has 0 fully saturated rings. The second kappa shape index (κ2) is 13.9. The number of carbonyl (C=O) groups excluding carboxylic acids is 1. The van der Waals surface area contributed by atoms with Crippen LogP contribution in [-0.2, 0) is 9.53 Å². The maximum Gasteiger partial charge on any atom is 0.220 e. The molecule has 0 saturated carbocycles. The Balaban J connectivity index is 4.58. The van der Waals surface area contributed by atoms with Crippen LogP contribution in [0.3, 0.4) is 0 Å². The van der Waals surface area contributed by atoms with Gasteiger partial charge in [0.25, 0.3) is 0 Å². The van der Waals surface area contributed by atoms with Gasteiger partial charge in [0.2, 0.25) is 5.91 Å². The maximum absolute atomic E-state index is 12.9. The number of nitrogens with one attached hydrogen (secondary N) is 3.